The highest BCUT2D eigenvalue weighted by molar-refractivity contribution is 8.00. The Hall–Kier alpha value is -5.18. The molecule has 1 saturated heterocycles. The summed E-state index contributed by atoms with van der Waals surface area (Å²) in [5.41, 5.74) is 1.84. The number of thioether (sulfide) groups is 1. The lowest BCUT2D eigenvalue weighted by atomic mass is 9.93. The van der Waals surface area contributed by atoms with Crippen molar-refractivity contribution >= 4 is 63.3 Å². The SMILES string of the molecule is CN(CCCC(=O)Cc1ccc(OC2CCC[C@@H](Nc3ncc(SCc4ncc(C(C)(C)C)o4)s3)C2)cc1)CCOCCOCCOCCNc1cccc2c1C(=O)N(C1CCC(=O)NC1=O)C2=O. The number of ether oxygens (including phenoxy) is 4. The quantitative estimate of drug-likeness (QED) is 0.0316. The average Bonchev–Trinajstić information content (AvgIpc) is 4.05. The number of nitrogens with one attached hydrogen (secondary N) is 3. The van der Waals surface area contributed by atoms with E-state index in [1.807, 2.05) is 43.7 Å². The van der Waals surface area contributed by atoms with Gasteiger partial charge < -0.3 is 38.9 Å². The molecule has 2 aromatic carbocycles. The van der Waals surface area contributed by atoms with Crippen LogP contribution < -0.4 is 20.7 Å². The second kappa shape index (κ2) is 25.1. The van der Waals surface area contributed by atoms with Gasteiger partial charge in [-0.25, -0.2) is 9.97 Å². The number of rotatable bonds is 27. The molecule has 3 atom stereocenters. The molecule has 2 unspecified atom stereocenters. The number of nitrogens with zero attached hydrogens (tertiary/aromatic N) is 4. The third-order valence-electron chi connectivity index (χ3n) is 12.1. The number of hydrogen-bond donors (Lipinski definition) is 3. The Labute approximate surface area is 412 Å². The number of carbonyl (C=O) groups excluding carboxylic acids is 5. The van der Waals surface area contributed by atoms with Crippen molar-refractivity contribution in [2.75, 3.05) is 77.0 Å². The van der Waals surface area contributed by atoms with Gasteiger partial charge in [0.2, 0.25) is 17.7 Å². The number of piperidine rings is 1. The fourth-order valence-corrected chi connectivity index (χ4v) is 10.1. The van der Waals surface area contributed by atoms with Crippen LogP contribution in [-0.2, 0) is 46.2 Å². The van der Waals surface area contributed by atoms with E-state index in [2.05, 4.69) is 51.6 Å². The molecule has 2 aliphatic heterocycles. The van der Waals surface area contributed by atoms with Crippen LogP contribution in [0.25, 0.3) is 0 Å². The Bertz CT molecular complexity index is 2370. The van der Waals surface area contributed by atoms with Crippen LogP contribution in [0, 0.1) is 0 Å². The Morgan fingerprint density at radius 3 is 2.45 bits per heavy atom. The van der Waals surface area contributed by atoms with Crippen molar-refractivity contribution in [3.63, 3.8) is 0 Å². The van der Waals surface area contributed by atoms with Crippen LogP contribution in [0.15, 0.2) is 63.5 Å². The van der Waals surface area contributed by atoms with Gasteiger partial charge in [-0.3, -0.25) is 34.2 Å². The molecule has 3 N–H and O–H groups in total. The standard InChI is InChI=1S/C50H65N7O10S2/c1-50(2,3)41-30-52-43(67-41)32-68-44-31-53-49(69-44)54-34-8-5-10-37(29-34)66-36-15-13-33(14-16-36)28-35(58)9-7-20-56(4)21-23-64-25-27-65-26-24-63-22-19-51-39-12-6-11-38-45(39)48(62)57(47(38)61)40-17-18-42(59)55-46(40)60/h6,11-16,30-31,34,37,40,51H,5,7-10,17-29,32H2,1-4H3,(H,53,54)(H,55,59,60)/t34-,37?,40?/m1/s1. The summed E-state index contributed by atoms with van der Waals surface area (Å²) in [4.78, 5) is 75.2. The van der Waals surface area contributed by atoms with Crippen LogP contribution in [0.3, 0.4) is 0 Å². The molecule has 7 rings (SSSR count). The number of anilines is 2. The molecular formula is C50H65N7O10S2. The third kappa shape index (κ3) is 15.2. The number of amides is 4. The van der Waals surface area contributed by atoms with Crippen molar-refractivity contribution in [3.8, 4) is 5.75 Å². The van der Waals surface area contributed by atoms with E-state index < -0.39 is 29.7 Å². The summed E-state index contributed by atoms with van der Waals surface area (Å²) in [6.45, 7) is 10.8. The van der Waals surface area contributed by atoms with Gasteiger partial charge >= 0.3 is 0 Å². The first kappa shape index (κ1) is 51.7. The lowest BCUT2D eigenvalue weighted by Crippen LogP contribution is -2.54. The lowest BCUT2D eigenvalue weighted by molar-refractivity contribution is -0.136. The number of fused-ring (bicyclic) bond motifs is 1. The number of hydrogen-bond acceptors (Lipinski definition) is 17. The van der Waals surface area contributed by atoms with E-state index in [0.29, 0.717) is 76.5 Å². The van der Waals surface area contributed by atoms with Gasteiger partial charge in [0.25, 0.3) is 11.8 Å². The van der Waals surface area contributed by atoms with E-state index in [9.17, 15) is 24.0 Å². The van der Waals surface area contributed by atoms with E-state index in [0.717, 1.165) is 82.4 Å². The van der Waals surface area contributed by atoms with Crippen LogP contribution in [0.2, 0.25) is 0 Å². The Morgan fingerprint density at radius 1 is 0.928 bits per heavy atom. The zero-order valence-corrected chi connectivity index (χ0v) is 41.7. The molecular weight excluding hydrogens is 923 g/mol. The fraction of sp³-hybridized carbons (Fsp3) is 0.540. The predicted molar refractivity (Wildman–Crippen MR) is 263 cm³/mol. The van der Waals surface area contributed by atoms with Crippen LogP contribution >= 0.6 is 23.1 Å². The van der Waals surface area contributed by atoms with Gasteiger partial charge in [0.15, 0.2) is 5.13 Å². The minimum atomic E-state index is -1.02. The molecule has 0 spiro atoms. The number of thiazole rings is 1. The number of Topliss-reactive ketones (excluding diaryl/α,β-unsaturated/α-hetero) is 1. The topological polar surface area (TPSA) is 204 Å². The smallest absolute Gasteiger partial charge is 0.264 e. The van der Waals surface area contributed by atoms with Gasteiger partial charge in [0.1, 0.15) is 29.4 Å². The largest absolute Gasteiger partial charge is 0.490 e. The van der Waals surface area contributed by atoms with Crippen molar-refractivity contribution in [1.82, 2.24) is 25.1 Å². The van der Waals surface area contributed by atoms with Crippen molar-refractivity contribution in [3.05, 3.63) is 83.2 Å². The molecule has 69 heavy (non-hydrogen) atoms. The minimum Gasteiger partial charge on any atom is -0.490 e. The number of imide groups is 2. The molecule has 2 fully saturated rings. The number of likely N-dealkylation sites (N-methyl/N-ethyl adjacent to an activating group) is 1. The van der Waals surface area contributed by atoms with Gasteiger partial charge in [0.05, 0.1) is 73.1 Å². The molecule has 3 aliphatic rings. The maximum atomic E-state index is 13.2. The van der Waals surface area contributed by atoms with E-state index in [1.54, 1.807) is 41.3 Å². The first-order valence-corrected chi connectivity index (χ1v) is 25.7. The first-order chi connectivity index (χ1) is 33.3. The van der Waals surface area contributed by atoms with Crippen LogP contribution in [0.4, 0.5) is 10.8 Å². The Kier molecular flexibility index (Phi) is 18.8. The summed E-state index contributed by atoms with van der Waals surface area (Å²) >= 11 is 3.34. The molecule has 1 aliphatic carbocycles. The van der Waals surface area contributed by atoms with Gasteiger partial charge in [0, 0.05) is 55.9 Å². The number of ketones is 1. The molecule has 1 saturated carbocycles. The van der Waals surface area contributed by atoms with Crippen molar-refractivity contribution in [2.24, 2.45) is 0 Å². The van der Waals surface area contributed by atoms with Gasteiger partial charge in [-0.2, -0.15) is 0 Å². The van der Waals surface area contributed by atoms with E-state index >= 15 is 0 Å². The molecule has 19 heteroatoms. The summed E-state index contributed by atoms with van der Waals surface area (Å²) in [5.74, 6) is 1.17. The predicted octanol–water partition coefficient (Wildman–Crippen LogP) is 6.91. The van der Waals surface area contributed by atoms with Gasteiger partial charge in [-0.1, -0.05) is 50.3 Å². The van der Waals surface area contributed by atoms with Crippen LogP contribution in [-0.4, -0.2) is 134 Å². The highest BCUT2D eigenvalue weighted by Crippen LogP contribution is 2.35. The second-order valence-corrected chi connectivity index (χ2v) is 20.9. The summed E-state index contributed by atoms with van der Waals surface area (Å²) in [5, 5.41) is 9.92. The van der Waals surface area contributed by atoms with E-state index in [4.69, 9.17) is 23.4 Å². The lowest BCUT2D eigenvalue weighted by Gasteiger charge is -2.30. The zero-order chi connectivity index (χ0) is 48.8. The summed E-state index contributed by atoms with van der Waals surface area (Å²) < 4.78 is 30.5. The second-order valence-electron chi connectivity index (χ2n) is 18.6. The molecule has 17 nitrogen and oxygen atoms in total. The molecule has 372 valence electrons. The minimum absolute atomic E-state index is 0.0608. The summed E-state index contributed by atoms with van der Waals surface area (Å²) in [7, 11) is 2.03. The highest BCUT2D eigenvalue weighted by Gasteiger charge is 2.45. The monoisotopic (exact) mass is 987 g/mol. The molecule has 0 radical (unpaired) electrons. The normalized spacial score (nSPS) is 18.4. The summed E-state index contributed by atoms with van der Waals surface area (Å²) in [6.07, 6.45) is 9.79. The molecule has 4 aromatic rings. The maximum Gasteiger partial charge on any atom is 0.264 e. The van der Waals surface area contributed by atoms with E-state index in [-0.39, 0.29) is 41.3 Å². The van der Waals surface area contributed by atoms with Gasteiger partial charge in [-0.05, 0) is 75.5 Å². The Balaban J connectivity index is 0.677. The zero-order valence-electron chi connectivity index (χ0n) is 40.1. The molecule has 0 bridgehead atoms. The Morgan fingerprint density at radius 2 is 1.70 bits per heavy atom. The fourth-order valence-electron chi connectivity index (χ4n) is 8.34. The summed E-state index contributed by atoms with van der Waals surface area (Å²) in [6, 6.07) is 12.2. The average molecular weight is 988 g/mol. The number of oxazole rings is 1. The third-order valence-corrected chi connectivity index (χ3v) is 14.2. The number of benzene rings is 2. The molecule has 4 amide bonds. The highest BCUT2D eigenvalue weighted by atomic mass is 32.2. The van der Waals surface area contributed by atoms with Crippen LogP contribution in [0.1, 0.15) is 110 Å². The number of aromatic nitrogens is 2. The maximum absolute atomic E-state index is 13.2. The van der Waals surface area contributed by atoms with Crippen LogP contribution in [0.5, 0.6) is 5.75 Å². The molecule has 2 aromatic heterocycles. The van der Waals surface area contributed by atoms with Crippen molar-refractivity contribution < 1.29 is 47.3 Å². The number of carbonyl (C=O) groups is 5. The first-order valence-electron chi connectivity index (χ1n) is 23.9. The van der Waals surface area contributed by atoms with E-state index in [1.165, 1.54) is 0 Å². The van der Waals surface area contributed by atoms with Crippen molar-refractivity contribution in [2.45, 2.75) is 112 Å². The van der Waals surface area contributed by atoms with Gasteiger partial charge in [-0.15, -0.1) is 11.8 Å². The molecule has 4 heterocycles. The van der Waals surface area contributed by atoms with Crippen molar-refractivity contribution in [1.29, 1.82) is 0 Å².